The maximum atomic E-state index is 5.65. The first-order valence-electron chi connectivity index (χ1n) is 5.51. The van der Waals surface area contributed by atoms with Gasteiger partial charge >= 0.3 is 0 Å². The summed E-state index contributed by atoms with van der Waals surface area (Å²) in [7, 11) is 0. The van der Waals surface area contributed by atoms with Gasteiger partial charge in [-0.2, -0.15) is 0 Å². The molecule has 2 heterocycles. The molecule has 90 valence electrons. The minimum atomic E-state index is 0.478. The van der Waals surface area contributed by atoms with Crippen molar-refractivity contribution < 1.29 is 0 Å². The average Bonchev–Trinajstić information content (AvgIpc) is 2.70. The third-order valence-corrected chi connectivity index (χ3v) is 3.14. The Hall–Kier alpha value is -1.88. The minimum Gasteiger partial charge on any atom is -0.384 e. The normalized spacial score (nSPS) is 11.0. The Morgan fingerprint density at radius 2 is 2.00 bits per heavy atom. The molecular formula is C13H11BrN4. The number of fused-ring (bicyclic) bond motifs is 1. The predicted octanol–water partition coefficient (Wildman–Crippen LogP) is 3.28. The molecule has 0 unspecified atom stereocenters. The van der Waals surface area contributed by atoms with Gasteiger partial charge in [0.15, 0.2) is 5.65 Å². The maximum absolute atomic E-state index is 5.65. The SMILES string of the molecule is Cc1cc(Br)cc(-c2nc3nc(N)ccc3[nH]2)c1. The number of anilines is 1. The van der Waals surface area contributed by atoms with E-state index in [0.29, 0.717) is 11.5 Å². The number of aromatic amines is 1. The number of pyridine rings is 1. The summed E-state index contributed by atoms with van der Waals surface area (Å²) in [5.41, 5.74) is 9.37. The minimum absolute atomic E-state index is 0.478. The number of nitrogens with zero attached hydrogens (tertiary/aromatic N) is 2. The van der Waals surface area contributed by atoms with Crippen LogP contribution >= 0.6 is 15.9 Å². The Bertz CT molecular complexity index is 713. The highest BCUT2D eigenvalue weighted by atomic mass is 79.9. The number of hydrogen-bond donors (Lipinski definition) is 2. The Morgan fingerprint density at radius 3 is 2.78 bits per heavy atom. The highest BCUT2D eigenvalue weighted by Crippen LogP contribution is 2.24. The molecular weight excluding hydrogens is 292 g/mol. The lowest BCUT2D eigenvalue weighted by Crippen LogP contribution is -1.88. The van der Waals surface area contributed by atoms with Crippen LogP contribution in [0.4, 0.5) is 5.82 Å². The third kappa shape index (κ3) is 1.97. The van der Waals surface area contributed by atoms with Crippen LogP contribution < -0.4 is 5.73 Å². The summed E-state index contributed by atoms with van der Waals surface area (Å²) in [6.07, 6.45) is 0. The molecule has 0 spiro atoms. The summed E-state index contributed by atoms with van der Waals surface area (Å²) >= 11 is 3.49. The Balaban J connectivity index is 2.19. The number of nitrogens with one attached hydrogen (secondary N) is 1. The highest BCUT2D eigenvalue weighted by Gasteiger charge is 2.07. The Kier molecular flexibility index (Phi) is 2.56. The monoisotopic (exact) mass is 302 g/mol. The van der Waals surface area contributed by atoms with Crippen molar-refractivity contribution in [3.05, 3.63) is 40.4 Å². The van der Waals surface area contributed by atoms with E-state index < -0.39 is 0 Å². The molecule has 2 aromatic heterocycles. The molecule has 18 heavy (non-hydrogen) atoms. The fourth-order valence-electron chi connectivity index (χ4n) is 1.92. The van der Waals surface area contributed by atoms with E-state index in [-0.39, 0.29) is 0 Å². The standard InChI is InChI=1S/C13H11BrN4/c1-7-4-8(6-9(14)5-7)12-16-10-2-3-11(15)17-13(10)18-12/h2-6H,1H3,(H3,15,16,17,18). The van der Waals surface area contributed by atoms with Gasteiger partial charge in [0, 0.05) is 10.0 Å². The molecule has 0 amide bonds. The van der Waals surface area contributed by atoms with Gasteiger partial charge in [-0.05, 0) is 42.8 Å². The van der Waals surface area contributed by atoms with Crippen molar-refractivity contribution >= 4 is 32.9 Å². The first kappa shape index (κ1) is 11.2. The summed E-state index contributed by atoms with van der Waals surface area (Å²) in [6, 6.07) is 9.80. The average molecular weight is 303 g/mol. The number of nitrogen functional groups attached to an aromatic ring is 1. The van der Waals surface area contributed by atoms with E-state index >= 15 is 0 Å². The molecule has 1 aromatic carbocycles. The van der Waals surface area contributed by atoms with Gasteiger partial charge in [-0.3, -0.25) is 0 Å². The Labute approximate surface area is 112 Å². The molecule has 0 aliphatic rings. The van der Waals surface area contributed by atoms with Crippen LogP contribution in [0.5, 0.6) is 0 Å². The first-order chi connectivity index (χ1) is 8.61. The molecule has 4 nitrogen and oxygen atoms in total. The van der Waals surface area contributed by atoms with E-state index in [9.17, 15) is 0 Å². The number of H-pyrrole nitrogens is 1. The fourth-order valence-corrected chi connectivity index (χ4v) is 2.52. The molecule has 3 aromatic rings. The van der Waals surface area contributed by atoms with Crippen molar-refractivity contribution in [3.8, 4) is 11.4 Å². The van der Waals surface area contributed by atoms with Crippen molar-refractivity contribution in [2.24, 2.45) is 0 Å². The number of imidazole rings is 1. The molecule has 0 radical (unpaired) electrons. The molecule has 3 rings (SSSR count). The molecule has 5 heteroatoms. The van der Waals surface area contributed by atoms with Gasteiger partial charge in [-0.15, -0.1) is 0 Å². The summed E-state index contributed by atoms with van der Waals surface area (Å²) in [6.45, 7) is 2.05. The van der Waals surface area contributed by atoms with Crippen LogP contribution in [0.15, 0.2) is 34.8 Å². The van der Waals surface area contributed by atoms with Crippen LogP contribution in [0.25, 0.3) is 22.6 Å². The van der Waals surface area contributed by atoms with Crippen molar-refractivity contribution in [2.45, 2.75) is 6.92 Å². The lowest BCUT2D eigenvalue weighted by Gasteiger charge is -2.00. The van der Waals surface area contributed by atoms with Crippen molar-refractivity contribution in [1.29, 1.82) is 0 Å². The van der Waals surface area contributed by atoms with E-state index in [1.54, 1.807) is 6.07 Å². The zero-order chi connectivity index (χ0) is 12.7. The molecule has 0 aliphatic carbocycles. The maximum Gasteiger partial charge on any atom is 0.180 e. The number of benzene rings is 1. The lowest BCUT2D eigenvalue weighted by atomic mass is 10.1. The van der Waals surface area contributed by atoms with Gasteiger partial charge in [0.05, 0.1) is 5.52 Å². The second-order valence-corrected chi connectivity index (χ2v) is 5.13. The van der Waals surface area contributed by atoms with Crippen LogP contribution in [0.3, 0.4) is 0 Å². The number of aromatic nitrogens is 3. The summed E-state index contributed by atoms with van der Waals surface area (Å²) < 4.78 is 1.03. The van der Waals surface area contributed by atoms with Crippen LogP contribution in [0, 0.1) is 6.92 Å². The van der Waals surface area contributed by atoms with Gasteiger partial charge in [-0.1, -0.05) is 15.9 Å². The molecule has 0 bridgehead atoms. The predicted molar refractivity (Wildman–Crippen MR) is 76.2 cm³/mol. The molecule has 0 saturated carbocycles. The molecule has 0 saturated heterocycles. The van der Waals surface area contributed by atoms with E-state index in [2.05, 4.69) is 43.0 Å². The zero-order valence-corrected chi connectivity index (χ0v) is 11.3. The van der Waals surface area contributed by atoms with Crippen molar-refractivity contribution in [1.82, 2.24) is 15.0 Å². The van der Waals surface area contributed by atoms with Gasteiger partial charge in [0.1, 0.15) is 11.6 Å². The van der Waals surface area contributed by atoms with Crippen LogP contribution in [-0.4, -0.2) is 15.0 Å². The zero-order valence-electron chi connectivity index (χ0n) is 9.74. The van der Waals surface area contributed by atoms with E-state index in [1.807, 2.05) is 19.1 Å². The first-order valence-corrected chi connectivity index (χ1v) is 6.31. The Morgan fingerprint density at radius 1 is 1.17 bits per heavy atom. The van der Waals surface area contributed by atoms with Gasteiger partial charge in [-0.25, -0.2) is 9.97 Å². The molecule has 3 N–H and O–H groups in total. The van der Waals surface area contributed by atoms with Crippen LogP contribution in [-0.2, 0) is 0 Å². The number of hydrogen-bond acceptors (Lipinski definition) is 3. The number of nitrogens with two attached hydrogens (primary N) is 1. The second-order valence-electron chi connectivity index (χ2n) is 4.21. The quantitative estimate of drug-likeness (QED) is 0.725. The van der Waals surface area contributed by atoms with Crippen LogP contribution in [0.1, 0.15) is 5.56 Å². The van der Waals surface area contributed by atoms with Crippen molar-refractivity contribution in [3.63, 3.8) is 0 Å². The second kappa shape index (κ2) is 4.10. The summed E-state index contributed by atoms with van der Waals surface area (Å²) in [5, 5.41) is 0. The topological polar surface area (TPSA) is 67.6 Å². The summed E-state index contributed by atoms with van der Waals surface area (Å²) in [4.78, 5) is 11.9. The van der Waals surface area contributed by atoms with Gasteiger partial charge in [0.25, 0.3) is 0 Å². The number of halogens is 1. The van der Waals surface area contributed by atoms with E-state index in [1.165, 1.54) is 5.56 Å². The van der Waals surface area contributed by atoms with Crippen molar-refractivity contribution in [2.75, 3.05) is 5.73 Å². The lowest BCUT2D eigenvalue weighted by molar-refractivity contribution is 1.29. The van der Waals surface area contributed by atoms with Gasteiger partial charge in [0.2, 0.25) is 0 Å². The molecule has 0 fully saturated rings. The molecule has 0 atom stereocenters. The largest absolute Gasteiger partial charge is 0.384 e. The molecule has 0 aliphatic heterocycles. The smallest absolute Gasteiger partial charge is 0.180 e. The summed E-state index contributed by atoms with van der Waals surface area (Å²) in [5.74, 6) is 1.28. The number of aryl methyl sites for hydroxylation is 1. The van der Waals surface area contributed by atoms with Crippen LogP contribution in [0.2, 0.25) is 0 Å². The fraction of sp³-hybridized carbons (Fsp3) is 0.0769. The number of rotatable bonds is 1. The van der Waals surface area contributed by atoms with E-state index in [4.69, 9.17) is 5.73 Å². The highest BCUT2D eigenvalue weighted by molar-refractivity contribution is 9.10. The third-order valence-electron chi connectivity index (χ3n) is 2.68. The van der Waals surface area contributed by atoms with Gasteiger partial charge < -0.3 is 10.7 Å². The van der Waals surface area contributed by atoms with E-state index in [0.717, 1.165) is 21.4 Å².